The number of benzene rings is 1. The third-order valence-electron chi connectivity index (χ3n) is 3.32. The number of carbonyl (C=O) groups excluding carboxylic acids is 1. The molecule has 2 nitrogen and oxygen atoms in total. The molecule has 1 aromatic rings. The Bertz CT molecular complexity index is 372. The molecule has 0 radical (unpaired) electrons. The fourth-order valence-electron chi connectivity index (χ4n) is 2.50. The van der Waals surface area contributed by atoms with Gasteiger partial charge in [-0.3, -0.25) is 4.79 Å². The molecule has 1 aliphatic carbocycles. The van der Waals surface area contributed by atoms with Crippen LogP contribution in [0, 0.1) is 11.7 Å². The Balaban J connectivity index is 2.19. The molecule has 0 heterocycles. The second-order valence-electron chi connectivity index (χ2n) is 4.22. The van der Waals surface area contributed by atoms with E-state index in [4.69, 9.17) is 4.74 Å². The van der Waals surface area contributed by atoms with Gasteiger partial charge in [-0.05, 0) is 36.5 Å². The molecule has 1 aliphatic rings. The highest BCUT2D eigenvalue weighted by atomic mass is 19.1. The molecule has 1 unspecified atom stereocenters. The maximum atomic E-state index is 12.8. The summed E-state index contributed by atoms with van der Waals surface area (Å²) < 4.78 is 17.6. The van der Waals surface area contributed by atoms with Gasteiger partial charge in [0.1, 0.15) is 5.82 Å². The summed E-state index contributed by atoms with van der Waals surface area (Å²) in [6, 6.07) is 6.42. The molecule has 16 heavy (non-hydrogen) atoms. The van der Waals surface area contributed by atoms with Crippen LogP contribution in [-0.2, 0) is 9.53 Å². The summed E-state index contributed by atoms with van der Waals surface area (Å²) in [7, 11) is 1.42. The van der Waals surface area contributed by atoms with Gasteiger partial charge in [0.25, 0.3) is 0 Å². The van der Waals surface area contributed by atoms with Crippen LogP contribution in [0.25, 0.3) is 0 Å². The number of carbonyl (C=O) groups is 1. The topological polar surface area (TPSA) is 26.3 Å². The summed E-state index contributed by atoms with van der Waals surface area (Å²) in [4.78, 5) is 11.6. The summed E-state index contributed by atoms with van der Waals surface area (Å²) in [6.45, 7) is 0. The largest absolute Gasteiger partial charge is 0.469 e. The maximum Gasteiger partial charge on any atom is 0.309 e. The van der Waals surface area contributed by atoms with Crippen molar-refractivity contribution in [3.63, 3.8) is 0 Å². The molecular weight excluding hydrogens is 207 g/mol. The van der Waals surface area contributed by atoms with Crippen LogP contribution in [0.1, 0.15) is 30.7 Å². The first-order valence-corrected chi connectivity index (χ1v) is 5.55. The smallest absolute Gasteiger partial charge is 0.309 e. The van der Waals surface area contributed by atoms with E-state index in [-0.39, 0.29) is 23.6 Å². The predicted octanol–water partition coefficient (Wildman–Crippen LogP) is 2.88. The van der Waals surface area contributed by atoms with E-state index in [0.717, 1.165) is 24.8 Å². The molecule has 0 bridgehead atoms. The molecule has 0 amide bonds. The van der Waals surface area contributed by atoms with Crippen molar-refractivity contribution in [1.29, 1.82) is 0 Å². The Morgan fingerprint density at radius 3 is 2.62 bits per heavy atom. The lowest BCUT2D eigenvalue weighted by Gasteiger charge is -2.17. The van der Waals surface area contributed by atoms with Crippen molar-refractivity contribution in [3.8, 4) is 0 Å². The molecule has 2 rings (SSSR count). The molecule has 1 fully saturated rings. The average molecular weight is 222 g/mol. The highest BCUT2D eigenvalue weighted by molar-refractivity contribution is 5.74. The third-order valence-corrected chi connectivity index (χ3v) is 3.32. The quantitative estimate of drug-likeness (QED) is 0.719. The van der Waals surface area contributed by atoms with E-state index < -0.39 is 0 Å². The van der Waals surface area contributed by atoms with Crippen LogP contribution in [0.4, 0.5) is 4.39 Å². The van der Waals surface area contributed by atoms with Gasteiger partial charge in [0.15, 0.2) is 0 Å². The minimum Gasteiger partial charge on any atom is -0.469 e. The maximum absolute atomic E-state index is 12.8. The van der Waals surface area contributed by atoms with Crippen LogP contribution in [-0.4, -0.2) is 13.1 Å². The van der Waals surface area contributed by atoms with Crippen molar-refractivity contribution in [3.05, 3.63) is 35.6 Å². The van der Waals surface area contributed by atoms with Gasteiger partial charge in [0.05, 0.1) is 13.0 Å². The van der Waals surface area contributed by atoms with Gasteiger partial charge < -0.3 is 4.74 Å². The van der Waals surface area contributed by atoms with Gasteiger partial charge in [0, 0.05) is 0 Å². The van der Waals surface area contributed by atoms with E-state index in [1.54, 1.807) is 12.1 Å². The Kier molecular flexibility index (Phi) is 3.22. The van der Waals surface area contributed by atoms with Crippen LogP contribution in [0.15, 0.2) is 24.3 Å². The monoisotopic (exact) mass is 222 g/mol. The van der Waals surface area contributed by atoms with E-state index >= 15 is 0 Å². The van der Waals surface area contributed by atoms with Gasteiger partial charge in [-0.2, -0.15) is 0 Å². The van der Waals surface area contributed by atoms with Gasteiger partial charge in [0.2, 0.25) is 0 Å². The minimum atomic E-state index is -0.239. The predicted molar refractivity (Wildman–Crippen MR) is 58.5 cm³/mol. The molecule has 0 N–H and O–H groups in total. The number of methoxy groups -OCH3 is 1. The van der Waals surface area contributed by atoms with Crippen molar-refractivity contribution in [2.75, 3.05) is 7.11 Å². The van der Waals surface area contributed by atoms with E-state index in [2.05, 4.69) is 0 Å². The second kappa shape index (κ2) is 4.64. The van der Waals surface area contributed by atoms with Gasteiger partial charge in [-0.1, -0.05) is 18.6 Å². The van der Waals surface area contributed by atoms with Gasteiger partial charge >= 0.3 is 5.97 Å². The van der Waals surface area contributed by atoms with Gasteiger partial charge in [-0.25, -0.2) is 4.39 Å². The molecule has 86 valence electrons. The van der Waals surface area contributed by atoms with Crippen molar-refractivity contribution < 1.29 is 13.9 Å². The summed E-state index contributed by atoms with van der Waals surface area (Å²) >= 11 is 0. The number of hydrogen-bond acceptors (Lipinski definition) is 2. The lowest BCUT2D eigenvalue weighted by molar-refractivity contribution is -0.145. The molecule has 3 heteroatoms. The van der Waals surface area contributed by atoms with E-state index in [1.165, 1.54) is 19.2 Å². The van der Waals surface area contributed by atoms with Crippen LogP contribution >= 0.6 is 0 Å². The van der Waals surface area contributed by atoms with E-state index in [1.807, 2.05) is 0 Å². The van der Waals surface area contributed by atoms with Gasteiger partial charge in [-0.15, -0.1) is 0 Å². The summed E-state index contributed by atoms with van der Waals surface area (Å²) in [5, 5.41) is 0. The highest BCUT2D eigenvalue weighted by Gasteiger charge is 2.34. The Labute approximate surface area is 94.4 Å². The Morgan fingerprint density at radius 2 is 2.00 bits per heavy atom. The Morgan fingerprint density at radius 1 is 1.31 bits per heavy atom. The SMILES string of the molecule is COC(=O)[C@@H]1CCCC1c1ccc(F)cc1. The summed E-state index contributed by atoms with van der Waals surface area (Å²) in [6.07, 6.45) is 2.88. The summed E-state index contributed by atoms with van der Waals surface area (Å²) in [5.41, 5.74) is 1.04. The number of hydrogen-bond donors (Lipinski definition) is 0. The zero-order chi connectivity index (χ0) is 11.5. The molecule has 0 spiro atoms. The molecular formula is C13H15FO2. The fourth-order valence-corrected chi connectivity index (χ4v) is 2.50. The molecule has 0 aromatic heterocycles. The van der Waals surface area contributed by atoms with Crippen molar-refractivity contribution >= 4 is 5.97 Å². The summed E-state index contributed by atoms with van der Waals surface area (Å²) in [5.74, 6) is -0.258. The van der Waals surface area contributed by atoms with Crippen molar-refractivity contribution in [2.45, 2.75) is 25.2 Å². The van der Waals surface area contributed by atoms with Crippen LogP contribution in [0.3, 0.4) is 0 Å². The zero-order valence-corrected chi connectivity index (χ0v) is 9.28. The minimum absolute atomic E-state index is 0.0598. The normalized spacial score (nSPS) is 24.4. The first-order valence-electron chi connectivity index (χ1n) is 5.55. The number of halogens is 1. The first-order chi connectivity index (χ1) is 7.72. The number of esters is 1. The van der Waals surface area contributed by atoms with Crippen LogP contribution < -0.4 is 0 Å². The van der Waals surface area contributed by atoms with Crippen molar-refractivity contribution in [1.82, 2.24) is 0 Å². The molecule has 1 aromatic carbocycles. The fraction of sp³-hybridized carbons (Fsp3) is 0.462. The first kappa shape index (κ1) is 11.1. The number of ether oxygens (including phenoxy) is 1. The zero-order valence-electron chi connectivity index (χ0n) is 9.28. The van der Waals surface area contributed by atoms with Crippen molar-refractivity contribution in [2.24, 2.45) is 5.92 Å². The second-order valence-corrected chi connectivity index (χ2v) is 4.22. The van der Waals surface area contributed by atoms with Crippen LogP contribution in [0.2, 0.25) is 0 Å². The molecule has 1 saturated carbocycles. The number of rotatable bonds is 2. The van der Waals surface area contributed by atoms with E-state index in [9.17, 15) is 9.18 Å². The van der Waals surface area contributed by atoms with Crippen LogP contribution in [0.5, 0.6) is 0 Å². The molecule has 0 saturated heterocycles. The lowest BCUT2D eigenvalue weighted by Crippen LogP contribution is -2.18. The average Bonchev–Trinajstić information content (AvgIpc) is 2.78. The highest BCUT2D eigenvalue weighted by Crippen LogP contribution is 2.40. The third kappa shape index (κ3) is 2.08. The van der Waals surface area contributed by atoms with E-state index in [0.29, 0.717) is 0 Å². The Hall–Kier alpha value is -1.38. The standard InChI is InChI=1S/C13H15FO2/c1-16-13(15)12-4-2-3-11(12)9-5-7-10(14)8-6-9/h5-8,11-12H,2-4H2,1H3/t11?,12-/m1/s1. The molecule has 2 atom stereocenters. The lowest BCUT2D eigenvalue weighted by atomic mass is 9.89. The molecule has 0 aliphatic heterocycles.